The van der Waals surface area contributed by atoms with Gasteiger partial charge in [-0.2, -0.15) is 0 Å². The molecule has 0 aliphatic heterocycles. The molecule has 46 valence electrons. The van der Waals surface area contributed by atoms with E-state index in [0.717, 1.165) is 19.3 Å². The zero-order valence-corrected chi connectivity index (χ0v) is 5.31. The van der Waals surface area contributed by atoms with E-state index >= 15 is 0 Å². The van der Waals surface area contributed by atoms with Gasteiger partial charge >= 0.3 is 0 Å². The minimum atomic E-state index is -0.182. The summed E-state index contributed by atoms with van der Waals surface area (Å²) in [5.74, 6) is -0.182. The van der Waals surface area contributed by atoms with Crippen LogP contribution in [0.4, 0.5) is 0 Å². The fourth-order valence-corrected chi connectivity index (χ4v) is 0.549. The number of hydrogen-bond donors (Lipinski definition) is 0. The van der Waals surface area contributed by atoms with E-state index in [4.69, 9.17) is 6.92 Å². The monoisotopic (exact) mass is 112 g/mol. The van der Waals surface area contributed by atoms with Crippen molar-refractivity contribution in [1.82, 2.24) is 0 Å². The fraction of sp³-hybridized carbons (Fsp3) is 0.714. The Morgan fingerprint density at radius 3 is 2.50 bits per heavy atom. The average Bonchev–Trinajstić information content (AvgIpc) is 1.66. The molecule has 1 heteroatoms. The van der Waals surface area contributed by atoms with Crippen molar-refractivity contribution in [3.8, 4) is 0 Å². The summed E-state index contributed by atoms with van der Waals surface area (Å²) in [6.07, 6.45) is 3.76. The Morgan fingerprint density at radius 1 is 1.50 bits per heavy atom. The fourth-order valence-electron chi connectivity index (χ4n) is 0.549. The molecule has 0 spiro atoms. The number of carbonyl (C=O) groups excluding carboxylic acids is 1. The minimum absolute atomic E-state index is 0.182. The molecule has 0 aromatic rings. The van der Waals surface area contributed by atoms with E-state index in [2.05, 4.69) is 6.92 Å². The first-order valence-electron chi connectivity index (χ1n) is 3.05. The highest BCUT2D eigenvalue weighted by Gasteiger charge is 1.90. The van der Waals surface area contributed by atoms with Gasteiger partial charge in [0.05, 0.1) is 0 Å². The molecule has 0 amide bonds. The molecule has 2 radical (unpaired) electrons. The van der Waals surface area contributed by atoms with Gasteiger partial charge in [0, 0.05) is 13.3 Å². The van der Waals surface area contributed by atoms with Gasteiger partial charge in [-0.1, -0.05) is 19.8 Å². The molecule has 0 saturated heterocycles. The lowest BCUT2D eigenvalue weighted by atomic mass is 10.2. The number of rotatable bonds is 4. The Hall–Kier alpha value is -0.330. The molecular weight excluding hydrogens is 100 g/mol. The van der Waals surface area contributed by atoms with Crippen molar-refractivity contribution < 1.29 is 4.79 Å². The van der Waals surface area contributed by atoms with Gasteiger partial charge in [-0.15, -0.1) is 0 Å². The first kappa shape index (κ1) is 7.67. The van der Waals surface area contributed by atoms with E-state index in [-0.39, 0.29) is 5.78 Å². The third kappa shape index (κ3) is 5.67. The first-order valence-corrected chi connectivity index (χ1v) is 3.05. The van der Waals surface area contributed by atoms with Crippen molar-refractivity contribution in [3.63, 3.8) is 0 Å². The summed E-state index contributed by atoms with van der Waals surface area (Å²) in [5, 5.41) is 0. The molecular formula is C7H12O. The number of unbranched alkanes of at least 4 members (excludes halogenated alkanes) is 2. The zero-order chi connectivity index (χ0) is 6.41. The van der Waals surface area contributed by atoms with Crippen molar-refractivity contribution in [2.45, 2.75) is 32.6 Å². The maximum atomic E-state index is 10.1. The highest BCUT2D eigenvalue weighted by molar-refractivity contribution is 5.82. The predicted molar refractivity (Wildman–Crippen MR) is 33.4 cm³/mol. The summed E-state index contributed by atoms with van der Waals surface area (Å²) in [4.78, 5) is 10.1. The van der Waals surface area contributed by atoms with Crippen LogP contribution in [0, 0.1) is 6.92 Å². The zero-order valence-electron chi connectivity index (χ0n) is 5.31. The van der Waals surface area contributed by atoms with Crippen LogP contribution in [-0.2, 0) is 4.79 Å². The Labute approximate surface area is 51.1 Å². The first-order chi connectivity index (χ1) is 3.77. The molecule has 0 aliphatic carbocycles. The van der Waals surface area contributed by atoms with Gasteiger partial charge in [0.15, 0.2) is 0 Å². The van der Waals surface area contributed by atoms with E-state index in [1.807, 2.05) is 0 Å². The Balaban J connectivity index is 2.82. The maximum Gasteiger partial charge on any atom is 0.137 e. The largest absolute Gasteiger partial charge is 0.299 e. The summed E-state index contributed by atoms with van der Waals surface area (Å²) in [6, 6.07) is 0. The smallest absolute Gasteiger partial charge is 0.137 e. The molecule has 0 fully saturated rings. The second kappa shape index (κ2) is 4.82. The maximum absolute atomic E-state index is 10.1. The van der Waals surface area contributed by atoms with Gasteiger partial charge in [-0.05, 0) is 6.42 Å². The van der Waals surface area contributed by atoms with E-state index in [0.29, 0.717) is 6.42 Å². The van der Waals surface area contributed by atoms with E-state index < -0.39 is 0 Å². The van der Waals surface area contributed by atoms with Crippen LogP contribution < -0.4 is 0 Å². The SMILES string of the molecule is [CH]C(=O)CCCCC. The summed E-state index contributed by atoms with van der Waals surface area (Å²) in [5.41, 5.74) is 0. The number of Topliss-reactive ketones (excluding diaryl/α,β-unsaturated/α-hetero) is 1. The second-order valence-corrected chi connectivity index (χ2v) is 1.92. The van der Waals surface area contributed by atoms with Crippen molar-refractivity contribution in [1.29, 1.82) is 0 Å². The third-order valence-corrected chi connectivity index (χ3v) is 1.03. The van der Waals surface area contributed by atoms with Gasteiger partial charge in [0.25, 0.3) is 0 Å². The second-order valence-electron chi connectivity index (χ2n) is 1.92. The molecule has 0 bridgehead atoms. The number of hydrogen-bond acceptors (Lipinski definition) is 1. The summed E-state index contributed by atoms with van der Waals surface area (Å²) in [7, 11) is 0. The quantitative estimate of drug-likeness (QED) is 0.507. The van der Waals surface area contributed by atoms with Gasteiger partial charge in [-0.3, -0.25) is 4.79 Å². The molecule has 1 nitrogen and oxygen atoms in total. The molecule has 0 aromatic heterocycles. The lowest BCUT2D eigenvalue weighted by Crippen LogP contribution is -1.88. The van der Waals surface area contributed by atoms with Crippen molar-refractivity contribution in [3.05, 3.63) is 6.92 Å². The summed E-state index contributed by atoms with van der Waals surface area (Å²) >= 11 is 0. The summed E-state index contributed by atoms with van der Waals surface area (Å²) < 4.78 is 0. The van der Waals surface area contributed by atoms with Gasteiger partial charge in [0.2, 0.25) is 0 Å². The Bertz CT molecular complexity index is 66.8. The highest BCUT2D eigenvalue weighted by atomic mass is 16.1. The lowest BCUT2D eigenvalue weighted by Gasteiger charge is -1.90. The normalized spacial score (nSPS) is 9.25. The van der Waals surface area contributed by atoms with E-state index in [1.165, 1.54) is 0 Å². The molecule has 0 N–H and O–H groups in total. The molecule has 8 heavy (non-hydrogen) atoms. The molecule has 0 rings (SSSR count). The molecule has 0 unspecified atom stereocenters. The van der Waals surface area contributed by atoms with Crippen LogP contribution in [0.5, 0.6) is 0 Å². The van der Waals surface area contributed by atoms with Crippen LogP contribution in [0.2, 0.25) is 0 Å². The van der Waals surface area contributed by atoms with Crippen molar-refractivity contribution >= 4 is 5.78 Å². The van der Waals surface area contributed by atoms with Crippen molar-refractivity contribution in [2.24, 2.45) is 0 Å². The van der Waals surface area contributed by atoms with Crippen LogP contribution in [0.25, 0.3) is 0 Å². The average molecular weight is 112 g/mol. The van der Waals surface area contributed by atoms with Gasteiger partial charge in [-0.25, -0.2) is 0 Å². The summed E-state index contributed by atoms with van der Waals surface area (Å²) in [6.45, 7) is 6.99. The number of carbonyl (C=O) groups is 1. The molecule has 0 aromatic carbocycles. The third-order valence-electron chi connectivity index (χ3n) is 1.03. The minimum Gasteiger partial charge on any atom is -0.299 e. The molecule has 0 saturated carbocycles. The van der Waals surface area contributed by atoms with Gasteiger partial charge < -0.3 is 0 Å². The van der Waals surface area contributed by atoms with Crippen LogP contribution in [-0.4, -0.2) is 5.78 Å². The van der Waals surface area contributed by atoms with E-state index in [1.54, 1.807) is 0 Å². The van der Waals surface area contributed by atoms with Crippen LogP contribution in [0.1, 0.15) is 32.6 Å². The van der Waals surface area contributed by atoms with Crippen LogP contribution in [0.15, 0.2) is 0 Å². The predicted octanol–water partition coefficient (Wildman–Crippen LogP) is 1.85. The van der Waals surface area contributed by atoms with E-state index in [9.17, 15) is 4.79 Å². The van der Waals surface area contributed by atoms with Crippen LogP contribution in [0.3, 0.4) is 0 Å². The van der Waals surface area contributed by atoms with Crippen LogP contribution >= 0.6 is 0 Å². The van der Waals surface area contributed by atoms with Crippen molar-refractivity contribution in [2.75, 3.05) is 0 Å². The highest BCUT2D eigenvalue weighted by Crippen LogP contribution is 1.97. The Morgan fingerprint density at radius 2 is 2.12 bits per heavy atom. The lowest BCUT2D eigenvalue weighted by molar-refractivity contribution is -0.114. The number of ketones is 1. The molecule has 0 atom stereocenters. The topological polar surface area (TPSA) is 17.1 Å². The van der Waals surface area contributed by atoms with Gasteiger partial charge in [0.1, 0.15) is 5.78 Å². The molecule has 0 heterocycles. The standard InChI is InChI=1S/C7H12O/c1-3-4-5-6-7(2)8/h2H,3-6H2,1H3. The Kier molecular flexibility index (Phi) is 4.62. The molecule has 0 aliphatic rings.